The first kappa shape index (κ1) is 34.3. The summed E-state index contributed by atoms with van der Waals surface area (Å²) in [7, 11) is 0. The van der Waals surface area contributed by atoms with Crippen LogP contribution in [-0.4, -0.2) is 57.2 Å². The van der Waals surface area contributed by atoms with Crippen LogP contribution in [0.4, 0.5) is 4.39 Å². The van der Waals surface area contributed by atoms with Crippen molar-refractivity contribution in [1.29, 1.82) is 0 Å². The Balaban J connectivity index is 1.31. The monoisotopic (exact) mass is 664 g/mol. The standard InChI is InChI=1S/C37H46ClFN4O2S/c1-5-28(6-2)43-34-14-13-26(21-33(34)40-36(43)23-29-10-8-19-46-29)35(44)22-27(20-25(3)4)37(45)42-16-9-15-41(17-18-42)24-30-31(38)11-7-12-32(30)39/h7-8,10-14,19,21,25,27-28H,5-6,9,15-18,20,22-24H2,1-4H3/t27-/m1/s1. The molecule has 1 aliphatic heterocycles. The highest BCUT2D eigenvalue weighted by Gasteiger charge is 2.30. The largest absolute Gasteiger partial charge is 0.341 e. The lowest BCUT2D eigenvalue weighted by molar-refractivity contribution is -0.135. The summed E-state index contributed by atoms with van der Waals surface area (Å²) in [6, 6.07) is 15.2. The fourth-order valence-electron chi connectivity index (χ4n) is 6.77. The van der Waals surface area contributed by atoms with Crippen LogP contribution in [0.25, 0.3) is 11.0 Å². The van der Waals surface area contributed by atoms with Gasteiger partial charge < -0.3 is 9.47 Å². The molecule has 4 aromatic rings. The van der Waals surface area contributed by atoms with Crippen LogP contribution >= 0.6 is 22.9 Å². The van der Waals surface area contributed by atoms with Gasteiger partial charge in [-0.25, -0.2) is 9.37 Å². The summed E-state index contributed by atoms with van der Waals surface area (Å²) in [5, 5.41) is 2.51. The Hall–Kier alpha value is -3.07. The van der Waals surface area contributed by atoms with E-state index in [0.717, 1.165) is 49.1 Å². The molecule has 246 valence electrons. The van der Waals surface area contributed by atoms with Crippen LogP contribution in [0.3, 0.4) is 0 Å². The van der Waals surface area contributed by atoms with E-state index in [2.05, 4.69) is 54.7 Å². The summed E-state index contributed by atoms with van der Waals surface area (Å²) in [5.74, 6) is 0.600. The number of carbonyl (C=O) groups is 2. The predicted octanol–water partition coefficient (Wildman–Crippen LogP) is 8.81. The first-order valence-corrected chi connectivity index (χ1v) is 17.9. The van der Waals surface area contributed by atoms with E-state index in [4.69, 9.17) is 16.6 Å². The van der Waals surface area contributed by atoms with E-state index in [9.17, 15) is 14.0 Å². The highest BCUT2D eigenvalue weighted by molar-refractivity contribution is 7.09. The Kier molecular flexibility index (Phi) is 11.7. The van der Waals surface area contributed by atoms with E-state index >= 15 is 0 Å². The van der Waals surface area contributed by atoms with Crippen molar-refractivity contribution in [3.63, 3.8) is 0 Å². The van der Waals surface area contributed by atoms with Gasteiger partial charge in [0.15, 0.2) is 5.78 Å². The average Bonchev–Trinajstić information content (AvgIpc) is 3.60. The van der Waals surface area contributed by atoms with E-state index in [-0.39, 0.29) is 29.8 Å². The molecule has 1 atom stereocenters. The highest BCUT2D eigenvalue weighted by Crippen LogP contribution is 2.30. The number of nitrogens with zero attached hydrogens (tertiary/aromatic N) is 4. The molecule has 0 N–H and O–H groups in total. The lowest BCUT2D eigenvalue weighted by Crippen LogP contribution is -2.40. The second-order valence-corrected chi connectivity index (χ2v) is 14.4. The Morgan fingerprint density at radius 2 is 1.83 bits per heavy atom. The van der Waals surface area contributed by atoms with Gasteiger partial charge in [-0.15, -0.1) is 11.3 Å². The highest BCUT2D eigenvalue weighted by atomic mass is 35.5. The summed E-state index contributed by atoms with van der Waals surface area (Å²) >= 11 is 8.02. The summed E-state index contributed by atoms with van der Waals surface area (Å²) in [6.07, 6.45) is 4.37. The number of Topliss-reactive ketones (excluding diaryl/α,β-unsaturated/α-hetero) is 1. The first-order valence-electron chi connectivity index (χ1n) is 16.7. The lowest BCUT2D eigenvalue weighted by atomic mass is 9.89. The number of thiophene rings is 1. The average molecular weight is 665 g/mol. The van der Waals surface area contributed by atoms with Crippen molar-refractivity contribution < 1.29 is 14.0 Å². The molecule has 1 amide bonds. The van der Waals surface area contributed by atoms with Gasteiger partial charge in [-0.3, -0.25) is 14.5 Å². The molecule has 0 bridgehead atoms. The molecule has 0 spiro atoms. The molecule has 0 aliphatic carbocycles. The third-order valence-corrected chi connectivity index (χ3v) is 10.4. The third kappa shape index (κ3) is 8.07. The number of halogens is 2. The molecule has 3 heterocycles. The van der Waals surface area contributed by atoms with Gasteiger partial charge in [0.05, 0.1) is 11.0 Å². The number of hydrogen-bond acceptors (Lipinski definition) is 5. The number of rotatable bonds is 13. The molecular formula is C37H46ClFN4O2S. The van der Waals surface area contributed by atoms with Gasteiger partial charge in [0.1, 0.15) is 11.6 Å². The Morgan fingerprint density at radius 3 is 2.52 bits per heavy atom. The maximum absolute atomic E-state index is 14.4. The molecule has 0 unspecified atom stereocenters. The quantitative estimate of drug-likeness (QED) is 0.134. The molecule has 1 aliphatic rings. The smallest absolute Gasteiger partial charge is 0.226 e. The number of ketones is 1. The minimum Gasteiger partial charge on any atom is -0.341 e. The van der Waals surface area contributed by atoms with E-state index in [1.165, 1.54) is 10.9 Å². The van der Waals surface area contributed by atoms with E-state index in [1.807, 2.05) is 23.1 Å². The molecule has 2 aromatic carbocycles. The van der Waals surface area contributed by atoms with Crippen molar-refractivity contribution in [2.75, 3.05) is 26.2 Å². The second kappa shape index (κ2) is 15.7. The zero-order valence-corrected chi connectivity index (χ0v) is 29.0. The van der Waals surface area contributed by atoms with Crippen LogP contribution < -0.4 is 0 Å². The normalized spacial score (nSPS) is 15.2. The lowest BCUT2D eigenvalue weighted by Gasteiger charge is -2.27. The molecule has 1 saturated heterocycles. The van der Waals surface area contributed by atoms with Gasteiger partial charge in [-0.1, -0.05) is 51.4 Å². The predicted molar refractivity (Wildman–Crippen MR) is 186 cm³/mol. The van der Waals surface area contributed by atoms with E-state index in [1.54, 1.807) is 23.5 Å². The Labute approximate surface area is 281 Å². The number of amides is 1. The number of carbonyl (C=O) groups excluding carboxylic acids is 2. The topological polar surface area (TPSA) is 58.4 Å². The van der Waals surface area contributed by atoms with Crippen molar-refractivity contribution in [2.45, 2.75) is 78.8 Å². The number of fused-ring (bicyclic) bond motifs is 1. The van der Waals surface area contributed by atoms with Crippen molar-refractivity contribution in [1.82, 2.24) is 19.4 Å². The Morgan fingerprint density at radius 1 is 1.02 bits per heavy atom. The molecule has 5 rings (SSSR count). The number of aromatic nitrogens is 2. The van der Waals surface area contributed by atoms with Crippen molar-refractivity contribution in [3.8, 4) is 0 Å². The molecule has 46 heavy (non-hydrogen) atoms. The molecule has 2 aromatic heterocycles. The maximum Gasteiger partial charge on any atom is 0.226 e. The van der Waals surface area contributed by atoms with Crippen molar-refractivity contribution >= 4 is 45.7 Å². The van der Waals surface area contributed by atoms with Crippen LogP contribution in [0, 0.1) is 17.7 Å². The van der Waals surface area contributed by atoms with Crippen molar-refractivity contribution in [3.05, 3.63) is 86.6 Å². The zero-order valence-electron chi connectivity index (χ0n) is 27.5. The van der Waals surface area contributed by atoms with Crippen LogP contribution in [0.15, 0.2) is 53.9 Å². The first-order chi connectivity index (χ1) is 22.2. The fourth-order valence-corrected chi connectivity index (χ4v) is 7.70. The number of hydrogen-bond donors (Lipinski definition) is 0. The summed E-state index contributed by atoms with van der Waals surface area (Å²) in [5.41, 5.74) is 2.98. The van der Waals surface area contributed by atoms with Gasteiger partial charge in [0, 0.05) is 78.6 Å². The van der Waals surface area contributed by atoms with Crippen LogP contribution in [0.5, 0.6) is 0 Å². The van der Waals surface area contributed by atoms with Gasteiger partial charge in [0.25, 0.3) is 0 Å². The van der Waals surface area contributed by atoms with Crippen molar-refractivity contribution in [2.24, 2.45) is 11.8 Å². The SMILES string of the molecule is CCC(CC)n1c(Cc2cccs2)nc2cc(C(=O)C[C@@H](CC(C)C)C(=O)N3CCCN(Cc4c(F)cccc4Cl)CC3)ccc21. The zero-order chi connectivity index (χ0) is 32.8. The summed E-state index contributed by atoms with van der Waals surface area (Å²) in [4.78, 5) is 38.1. The van der Waals surface area contributed by atoms with Gasteiger partial charge in [0.2, 0.25) is 5.91 Å². The fraction of sp³-hybridized carbons (Fsp3) is 0.486. The van der Waals surface area contributed by atoms with E-state index < -0.39 is 5.92 Å². The summed E-state index contributed by atoms with van der Waals surface area (Å²) in [6.45, 7) is 11.6. The number of benzene rings is 2. The van der Waals surface area contributed by atoms with Crippen LogP contribution in [0.1, 0.15) is 92.5 Å². The minimum absolute atomic E-state index is 0.0246. The molecule has 6 nitrogen and oxygen atoms in total. The van der Waals surface area contributed by atoms with Gasteiger partial charge in [-0.2, -0.15) is 0 Å². The molecule has 1 fully saturated rings. The minimum atomic E-state index is -0.396. The van der Waals surface area contributed by atoms with Gasteiger partial charge in [-0.05, 0) is 73.4 Å². The maximum atomic E-state index is 14.4. The molecular weight excluding hydrogens is 619 g/mol. The van der Waals surface area contributed by atoms with Crippen LogP contribution in [-0.2, 0) is 17.8 Å². The number of imidazole rings is 1. The van der Waals surface area contributed by atoms with Crippen LogP contribution in [0.2, 0.25) is 5.02 Å². The Bertz CT molecular complexity index is 1610. The third-order valence-electron chi connectivity index (χ3n) is 9.19. The molecule has 0 radical (unpaired) electrons. The second-order valence-electron chi connectivity index (χ2n) is 12.9. The van der Waals surface area contributed by atoms with Gasteiger partial charge >= 0.3 is 0 Å². The molecule has 0 saturated carbocycles. The summed E-state index contributed by atoms with van der Waals surface area (Å²) < 4.78 is 16.8. The van der Waals surface area contributed by atoms with E-state index in [0.29, 0.717) is 54.8 Å². The molecule has 9 heteroatoms.